The molecular weight excluding hydrogens is 322 g/mol. The summed E-state index contributed by atoms with van der Waals surface area (Å²) in [5.74, 6) is -0.218. The highest BCUT2D eigenvalue weighted by molar-refractivity contribution is 7.89. The molecule has 0 saturated carbocycles. The van der Waals surface area contributed by atoms with Gasteiger partial charge in [0, 0.05) is 12.2 Å². The molecule has 6 nitrogen and oxygen atoms in total. The summed E-state index contributed by atoms with van der Waals surface area (Å²) >= 11 is 1.61. The van der Waals surface area contributed by atoms with Gasteiger partial charge in [-0.15, -0.1) is 0 Å². The third-order valence-electron chi connectivity index (χ3n) is 2.89. The van der Waals surface area contributed by atoms with E-state index in [1.54, 1.807) is 17.4 Å². The molecule has 0 unspecified atom stereocenters. The van der Waals surface area contributed by atoms with Crippen molar-refractivity contribution in [1.82, 2.24) is 4.90 Å². The number of thiophene rings is 1. The largest absolute Gasteiger partial charge is 0.325 e. The Morgan fingerprint density at radius 2 is 2.14 bits per heavy atom. The number of nitrogens with one attached hydrogen (secondary N) is 1. The van der Waals surface area contributed by atoms with E-state index in [1.807, 2.05) is 28.8 Å². The molecule has 3 N–H and O–H groups in total. The topological polar surface area (TPSA) is 92.5 Å². The Balaban J connectivity index is 1.94. The quantitative estimate of drug-likeness (QED) is 0.833. The van der Waals surface area contributed by atoms with Gasteiger partial charge >= 0.3 is 0 Å². The Labute approximate surface area is 133 Å². The van der Waals surface area contributed by atoms with Crippen LogP contribution in [0.5, 0.6) is 0 Å². The van der Waals surface area contributed by atoms with Crippen molar-refractivity contribution in [3.8, 4) is 0 Å². The lowest BCUT2D eigenvalue weighted by Crippen LogP contribution is -2.29. The van der Waals surface area contributed by atoms with Gasteiger partial charge in [0.15, 0.2) is 0 Å². The number of sulfonamides is 1. The molecule has 0 spiro atoms. The number of hydrogen-bond acceptors (Lipinski definition) is 5. The zero-order valence-electron chi connectivity index (χ0n) is 12.0. The molecule has 1 amide bonds. The molecular formula is C14H17N3O3S2. The minimum Gasteiger partial charge on any atom is -0.325 e. The van der Waals surface area contributed by atoms with Crippen LogP contribution in [0.3, 0.4) is 0 Å². The van der Waals surface area contributed by atoms with Crippen LogP contribution in [-0.4, -0.2) is 32.8 Å². The molecule has 0 fully saturated rings. The van der Waals surface area contributed by atoms with Crippen LogP contribution < -0.4 is 10.5 Å². The van der Waals surface area contributed by atoms with Gasteiger partial charge < -0.3 is 5.32 Å². The van der Waals surface area contributed by atoms with Crippen LogP contribution in [0, 0.1) is 0 Å². The van der Waals surface area contributed by atoms with Crippen molar-refractivity contribution in [3.63, 3.8) is 0 Å². The Kier molecular flexibility index (Phi) is 5.30. The maximum atomic E-state index is 12.0. The summed E-state index contributed by atoms with van der Waals surface area (Å²) in [5.41, 5.74) is 1.55. The fraction of sp³-hybridized carbons (Fsp3) is 0.214. The predicted molar refractivity (Wildman–Crippen MR) is 87.1 cm³/mol. The second-order valence-corrected chi connectivity index (χ2v) is 7.27. The second-order valence-electron chi connectivity index (χ2n) is 4.92. The molecule has 0 saturated heterocycles. The number of carbonyl (C=O) groups is 1. The first-order chi connectivity index (χ1) is 10.3. The summed E-state index contributed by atoms with van der Waals surface area (Å²) in [6, 6.07) is 7.88. The summed E-state index contributed by atoms with van der Waals surface area (Å²) in [6.07, 6.45) is 0. The Bertz CT molecular complexity index is 742. The first-order valence-electron chi connectivity index (χ1n) is 6.47. The molecule has 0 bridgehead atoms. The molecule has 0 atom stereocenters. The van der Waals surface area contributed by atoms with Crippen LogP contribution in [-0.2, 0) is 21.4 Å². The fourth-order valence-electron chi connectivity index (χ4n) is 1.95. The van der Waals surface area contributed by atoms with Crippen molar-refractivity contribution < 1.29 is 13.2 Å². The number of rotatable bonds is 6. The van der Waals surface area contributed by atoms with Gasteiger partial charge in [-0.1, -0.05) is 6.07 Å². The van der Waals surface area contributed by atoms with Crippen molar-refractivity contribution in [2.75, 3.05) is 18.9 Å². The van der Waals surface area contributed by atoms with Gasteiger partial charge in [0.25, 0.3) is 0 Å². The Morgan fingerprint density at radius 3 is 2.77 bits per heavy atom. The Hall–Kier alpha value is -1.74. The minimum atomic E-state index is -3.78. The summed E-state index contributed by atoms with van der Waals surface area (Å²) in [7, 11) is -1.93. The maximum Gasteiger partial charge on any atom is 0.238 e. The molecule has 0 aliphatic carbocycles. The summed E-state index contributed by atoms with van der Waals surface area (Å²) < 4.78 is 22.6. The SMILES string of the molecule is CN(CC(=O)Nc1cccc(S(N)(=O)=O)c1)Cc1ccsc1. The lowest BCUT2D eigenvalue weighted by Gasteiger charge is -2.15. The molecule has 118 valence electrons. The van der Waals surface area contributed by atoms with Crippen LogP contribution in [0.2, 0.25) is 0 Å². The number of hydrogen-bond donors (Lipinski definition) is 2. The first-order valence-corrected chi connectivity index (χ1v) is 8.96. The number of benzene rings is 1. The van der Waals surface area contributed by atoms with E-state index in [4.69, 9.17) is 5.14 Å². The molecule has 1 heterocycles. The zero-order chi connectivity index (χ0) is 16.2. The van der Waals surface area contributed by atoms with E-state index < -0.39 is 10.0 Å². The molecule has 8 heteroatoms. The number of carbonyl (C=O) groups excluding carboxylic acids is 1. The number of likely N-dealkylation sites (N-methyl/N-ethyl adjacent to an activating group) is 1. The fourth-order valence-corrected chi connectivity index (χ4v) is 3.17. The van der Waals surface area contributed by atoms with Gasteiger partial charge in [-0.2, -0.15) is 11.3 Å². The molecule has 1 aromatic carbocycles. The molecule has 2 rings (SSSR count). The number of nitrogens with zero attached hydrogens (tertiary/aromatic N) is 1. The number of nitrogens with two attached hydrogens (primary N) is 1. The number of primary sulfonamides is 1. The minimum absolute atomic E-state index is 0.0306. The molecule has 1 aromatic heterocycles. The van der Waals surface area contributed by atoms with Gasteiger partial charge in [0.2, 0.25) is 15.9 Å². The number of amides is 1. The summed E-state index contributed by atoms with van der Waals surface area (Å²) in [4.78, 5) is 13.8. The van der Waals surface area contributed by atoms with E-state index in [9.17, 15) is 13.2 Å². The van der Waals surface area contributed by atoms with Gasteiger partial charge in [-0.25, -0.2) is 13.6 Å². The van der Waals surface area contributed by atoms with E-state index in [-0.39, 0.29) is 17.3 Å². The molecule has 0 aliphatic rings. The normalized spacial score (nSPS) is 11.6. The average Bonchev–Trinajstić information content (AvgIpc) is 2.90. The Morgan fingerprint density at radius 1 is 1.36 bits per heavy atom. The van der Waals surface area contributed by atoms with Gasteiger partial charge in [0.1, 0.15) is 0 Å². The van der Waals surface area contributed by atoms with Crippen LogP contribution in [0.4, 0.5) is 5.69 Å². The molecule has 0 aliphatic heterocycles. The van der Waals surface area contributed by atoms with Crippen molar-refractivity contribution >= 4 is 33.0 Å². The highest BCUT2D eigenvalue weighted by atomic mass is 32.2. The lowest BCUT2D eigenvalue weighted by molar-refractivity contribution is -0.117. The standard InChI is InChI=1S/C14H17N3O3S2/c1-17(8-11-5-6-21-10-11)9-14(18)16-12-3-2-4-13(7-12)22(15,19)20/h2-7,10H,8-9H2,1H3,(H,16,18)(H2,15,19,20). The molecule has 0 radical (unpaired) electrons. The summed E-state index contributed by atoms with van der Waals surface area (Å²) in [6.45, 7) is 0.879. The highest BCUT2D eigenvalue weighted by Crippen LogP contribution is 2.14. The monoisotopic (exact) mass is 339 g/mol. The van der Waals surface area contributed by atoms with Gasteiger partial charge in [-0.05, 0) is 47.6 Å². The third kappa shape index (κ3) is 4.92. The van der Waals surface area contributed by atoms with E-state index in [0.717, 1.165) is 5.56 Å². The molecule has 2 aromatic rings. The van der Waals surface area contributed by atoms with E-state index in [1.165, 1.54) is 18.2 Å². The average molecular weight is 339 g/mol. The first kappa shape index (κ1) is 16.6. The maximum absolute atomic E-state index is 12.0. The highest BCUT2D eigenvalue weighted by Gasteiger charge is 2.11. The number of anilines is 1. The van der Waals surface area contributed by atoms with Crippen LogP contribution in [0.25, 0.3) is 0 Å². The van der Waals surface area contributed by atoms with Crippen molar-refractivity contribution in [3.05, 3.63) is 46.7 Å². The predicted octanol–water partition coefficient (Wildman–Crippen LogP) is 1.47. The van der Waals surface area contributed by atoms with E-state index in [0.29, 0.717) is 12.2 Å². The van der Waals surface area contributed by atoms with E-state index >= 15 is 0 Å². The van der Waals surface area contributed by atoms with Gasteiger partial charge in [-0.3, -0.25) is 9.69 Å². The van der Waals surface area contributed by atoms with Crippen LogP contribution >= 0.6 is 11.3 Å². The van der Waals surface area contributed by atoms with E-state index in [2.05, 4.69) is 5.32 Å². The van der Waals surface area contributed by atoms with Crippen LogP contribution in [0.15, 0.2) is 46.0 Å². The second kappa shape index (κ2) is 7.01. The van der Waals surface area contributed by atoms with Gasteiger partial charge in [0.05, 0.1) is 11.4 Å². The summed E-state index contributed by atoms with van der Waals surface area (Å²) in [5, 5.41) is 11.8. The molecule has 22 heavy (non-hydrogen) atoms. The van der Waals surface area contributed by atoms with Crippen LogP contribution in [0.1, 0.15) is 5.56 Å². The zero-order valence-corrected chi connectivity index (χ0v) is 13.7. The smallest absolute Gasteiger partial charge is 0.238 e. The van der Waals surface area contributed by atoms with Crippen molar-refractivity contribution in [2.24, 2.45) is 5.14 Å². The third-order valence-corrected chi connectivity index (χ3v) is 4.54. The van der Waals surface area contributed by atoms with Crippen molar-refractivity contribution in [1.29, 1.82) is 0 Å². The van der Waals surface area contributed by atoms with Crippen molar-refractivity contribution in [2.45, 2.75) is 11.4 Å². The lowest BCUT2D eigenvalue weighted by atomic mass is 10.3.